The average molecular weight is 175 g/mol. The molecule has 68 valence electrons. The largest absolute Gasteiger partial charge is 0.353 e. The van der Waals surface area contributed by atoms with Crippen LogP contribution in [0.5, 0.6) is 0 Å². The summed E-state index contributed by atoms with van der Waals surface area (Å²) in [5.41, 5.74) is 1.56. The van der Waals surface area contributed by atoms with Gasteiger partial charge in [0, 0.05) is 19.5 Å². The third-order valence-corrected chi connectivity index (χ3v) is 3.04. The first-order valence-corrected chi connectivity index (χ1v) is 4.82. The summed E-state index contributed by atoms with van der Waals surface area (Å²) in [7, 11) is 0. The number of hydrogen-bond donors (Lipinski definition) is 0. The van der Waals surface area contributed by atoms with E-state index in [2.05, 4.69) is 35.2 Å². The molecule has 2 saturated heterocycles. The third-order valence-electron chi connectivity index (χ3n) is 3.04. The van der Waals surface area contributed by atoms with Crippen molar-refractivity contribution in [2.75, 3.05) is 13.2 Å². The summed E-state index contributed by atoms with van der Waals surface area (Å²) in [6, 6.07) is 10.6. The lowest BCUT2D eigenvalue weighted by atomic mass is 10.0. The van der Waals surface area contributed by atoms with Gasteiger partial charge in [-0.2, -0.15) is 0 Å². The predicted octanol–water partition coefficient (Wildman–Crippen LogP) is 1.62. The molecule has 2 aliphatic heterocycles. The van der Waals surface area contributed by atoms with Crippen molar-refractivity contribution >= 4 is 0 Å². The molecule has 2 heteroatoms. The molecule has 0 bridgehead atoms. The van der Waals surface area contributed by atoms with Crippen molar-refractivity contribution in [3.8, 4) is 0 Å². The van der Waals surface area contributed by atoms with Crippen molar-refractivity contribution in [3.05, 3.63) is 35.9 Å². The van der Waals surface area contributed by atoms with E-state index in [9.17, 15) is 0 Å². The van der Waals surface area contributed by atoms with Gasteiger partial charge in [-0.3, -0.25) is 4.90 Å². The average Bonchev–Trinajstić information content (AvgIpc) is 2.96. The van der Waals surface area contributed by atoms with Crippen LogP contribution in [0.25, 0.3) is 0 Å². The molecule has 2 nitrogen and oxygen atoms in total. The van der Waals surface area contributed by atoms with Crippen molar-refractivity contribution in [3.63, 3.8) is 0 Å². The van der Waals surface area contributed by atoms with E-state index in [4.69, 9.17) is 4.74 Å². The summed E-state index contributed by atoms with van der Waals surface area (Å²) in [5, 5.41) is 0. The first-order valence-electron chi connectivity index (χ1n) is 4.82. The van der Waals surface area contributed by atoms with E-state index in [0.717, 1.165) is 13.2 Å². The van der Waals surface area contributed by atoms with Crippen molar-refractivity contribution in [1.29, 1.82) is 0 Å². The minimum atomic E-state index is 0.176. The van der Waals surface area contributed by atoms with Gasteiger partial charge in [-0.25, -0.2) is 0 Å². The van der Waals surface area contributed by atoms with Gasteiger partial charge < -0.3 is 4.74 Å². The predicted molar refractivity (Wildman–Crippen MR) is 50.2 cm³/mol. The molecule has 0 aromatic heterocycles. The highest BCUT2D eigenvalue weighted by atomic mass is 16.6. The summed E-state index contributed by atoms with van der Waals surface area (Å²) in [5.74, 6) is 0. The summed E-state index contributed by atoms with van der Waals surface area (Å²) < 4.78 is 5.44. The van der Waals surface area contributed by atoms with Crippen LogP contribution in [0.4, 0.5) is 0 Å². The van der Waals surface area contributed by atoms with E-state index >= 15 is 0 Å². The minimum absolute atomic E-state index is 0.176. The highest BCUT2D eigenvalue weighted by Crippen LogP contribution is 2.43. The Labute approximate surface area is 78.1 Å². The molecular formula is C11H13NO. The van der Waals surface area contributed by atoms with Crippen LogP contribution in [0.3, 0.4) is 0 Å². The van der Waals surface area contributed by atoms with E-state index in [-0.39, 0.29) is 5.72 Å². The topological polar surface area (TPSA) is 15.8 Å². The Morgan fingerprint density at radius 3 is 2.62 bits per heavy atom. The van der Waals surface area contributed by atoms with E-state index in [1.165, 1.54) is 18.5 Å². The molecular weight excluding hydrogens is 162 g/mol. The second-order valence-corrected chi connectivity index (χ2v) is 3.89. The monoisotopic (exact) mass is 175 g/mol. The van der Waals surface area contributed by atoms with Crippen molar-refractivity contribution in [2.45, 2.75) is 18.7 Å². The van der Waals surface area contributed by atoms with Crippen molar-refractivity contribution in [2.24, 2.45) is 0 Å². The molecule has 1 spiro atoms. The maximum atomic E-state index is 5.44. The molecule has 1 unspecified atom stereocenters. The zero-order valence-corrected chi connectivity index (χ0v) is 7.57. The summed E-state index contributed by atoms with van der Waals surface area (Å²) in [4.78, 5) is 2.42. The smallest absolute Gasteiger partial charge is 0.147 e. The zero-order valence-electron chi connectivity index (χ0n) is 7.57. The van der Waals surface area contributed by atoms with Crippen molar-refractivity contribution in [1.82, 2.24) is 4.90 Å². The fraction of sp³-hybridized carbons (Fsp3) is 0.455. The molecule has 2 fully saturated rings. The number of hydrogen-bond acceptors (Lipinski definition) is 2. The molecule has 0 N–H and O–H groups in total. The third kappa shape index (κ3) is 1.18. The number of ether oxygens (including phenoxy) is 1. The van der Waals surface area contributed by atoms with Crippen LogP contribution in [-0.2, 0) is 11.3 Å². The number of rotatable bonds is 2. The highest BCUT2D eigenvalue weighted by Gasteiger charge is 2.56. The Hall–Kier alpha value is -0.860. The van der Waals surface area contributed by atoms with Gasteiger partial charge in [-0.15, -0.1) is 0 Å². The van der Waals surface area contributed by atoms with Gasteiger partial charge >= 0.3 is 0 Å². The van der Waals surface area contributed by atoms with E-state index < -0.39 is 0 Å². The van der Waals surface area contributed by atoms with Crippen LogP contribution < -0.4 is 0 Å². The molecule has 3 rings (SSSR count). The van der Waals surface area contributed by atoms with Gasteiger partial charge in [0.25, 0.3) is 0 Å². The van der Waals surface area contributed by atoms with Gasteiger partial charge in [-0.05, 0) is 5.56 Å². The molecule has 0 radical (unpaired) electrons. The van der Waals surface area contributed by atoms with Gasteiger partial charge in [0.1, 0.15) is 5.72 Å². The summed E-state index contributed by atoms with van der Waals surface area (Å²) in [6.07, 6.45) is 1.22. The Morgan fingerprint density at radius 1 is 1.31 bits per heavy atom. The first-order chi connectivity index (χ1) is 6.39. The first kappa shape index (κ1) is 7.54. The standard InChI is InChI=1S/C11H13NO/c1-2-4-10(5-3-1)8-12-7-6-11(12)9-13-11/h1-5H,6-9H2. The fourth-order valence-corrected chi connectivity index (χ4v) is 1.96. The number of likely N-dealkylation sites (tertiary alicyclic amines) is 1. The van der Waals surface area contributed by atoms with Gasteiger partial charge in [0.15, 0.2) is 0 Å². The van der Waals surface area contributed by atoms with E-state index in [1.54, 1.807) is 0 Å². The van der Waals surface area contributed by atoms with Crippen molar-refractivity contribution < 1.29 is 4.74 Å². The Balaban J connectivity index is 1.70. The number of nitrogens with zero attached hydrogens (tertiary/aromatic N) is 1. The quantitative estimate of drug-likeness (QED) is 0.635. The number of epoxide rings is 1. The Morgan fingerprint density at radius 2 is 2.08 bits per heavy atom. The van der Waals surface area contributed by atoms with E-state index in [1.807, 2.05) is 0 Å². The second-order valence-electron chi connectivity index (χ2n) is 3.89. The Kier molecular flexibility index (Phi) is 1.49. The van der Waals surface area contributed by atoms with Gasteiger partial charge in [0.05, 0.1) is 6.61 Å². The molecule has 1 aromatic rings. The lowest BCUT2D eigenvalue weighted by Gasteiger charge is -2.38. The van der Waals surface area contributed by atoms with Crippen LogP contribution in [0, 0.1) is 0 Å². The van der Waals surface area contributed by atoms with Crippen LogP contribution in [0.15, 0.2) is 30.3 Å². The number of benzene rings is 1. The van der Waals surface area contributed by atoms with Gasteiger partial charge in [-0.1, -0.05) is 30.3 Å². The molecule has 0 amide bonds. The molecule has 2 heterocycles. The van der Waals surface area contributed by atoms with E-state index in [0.29, 0.717) is 0 Å². The van der Waals surface area contributed by atoms with Crippen LogP contribution >= 0.6 is 0 Å². The molecule has 1 atom stereocenters. The fourth-order valence-electron chi connectivity index (χ4n) is 1.96. The lowest BCUT2D eigenvalue weighted by molar-refractivity contribution is -0.0209. The normalized spacial score (nSPS) is 31.7. The maximum Gasteiger partial charge on any atom is 0.147 e. The SMILES string of the molecule is c1ccc(CN2CCC23CO3)cc1. The lowest BCUT2D eigenvalue weighted by Crippen LogP contribution is -2.50. The summed E-state index contributed by atoms with van der Waals surface area (Å²) >= 11 is 0. The minimum Gasteiger partial charge on any atom is -0.353 e. The highest BCUT2D eigenvalue weighted by molar-refractivity contribution is 5.16. The zero-order chi connectivity index (χ0) is 8.73. The van der Waals surface area contributed by atoms with Crippen LogP contribution in [-0.4, -0.2) is 23.8 Å². The molecule has 0 aliphatic carbocycles. The van der Waals surface area contributed by atoms with Gasteiger partial charge in [0.2, 0.25) is 0 Å². The maximum absolute atomic E-state index is 5.44. The molecule has 13 heavy (non-hydrogen) atoms. The molecule has 1 aromatic carbocycles. The van der Waals surface area contributed by atoms with Crippen LogP contribution in [0.1, 0.15) is 12.0 Å². The molecule has 2 aliphatic rings. The summed E-state index contributed by atoms with van der Waals surface area (Å²) in [6.45, 7) is 3.18. The second kappa shape index (κ2) is 2.56. The Bertz CT molecular complexity index is 305. The molecule has 0 saturated carbocycles. The van der Waals surface area contributed by atoms with Crippen LogP contribution in [0.2, 0.25) is 0 Å².